The van der Waals surface area contributed by atoms with Crippen LogP contribution in [0.15, 0.2) is 18.2 Å². The van der Waals surface area contributed by atoms with E-state index >= 15 is 0 Å². The lowest BCUT2D eigenvalue weighted by atomic mass is 9.89. The minimum atomic E-state index is -0.526. The summed E-state index contributed by atoms with van der Waals surface area (Å²) in [6.45, 7) is 0.732. The zero-order valence-corrected chi connectivity index (χ0v) is 12.9. The molecule has 1 aromatic rings. The molecule has 2 atom stereocenters. The highest BCUT2D eigenvalue weighted by molar-refractivity contribution is 7.99. The van der Waals surface area contributed by atoms with Crippen molar-refractivity contribution in [3.63, 3.8) is 0 Å². The molecule has 6 nitrogen and oxygen atoms in total. The normalized spacial score (nSPS) is 27.5. The molecule has 2 saturated heterocycles. The molecule has 0 unspecified atom stereocenters. The van der Waals surface area contributed by atoms with E-state index in [-0.39, 0.29) is 22.9 Å². The lowest BCUT2D eigenvalue weighted by molar-refractivity contribution is -0.385. The van der Waals surface area contributed by atoms with Crippen molar-refractivity contribution < 1.29 is 9.66 Å². The number of thioether (sulfide) groups is 1. The highest BCUT2D eigenvalue weighted by Gasteiger charge is 2.40. The molecular formula is C15H17N3O3S. The number of nitriles is 1. The number of anilines is 1. The zero-order valence-electron chi connectivity index (χ0n) is 12.1. The van der Waals surface area contributed by atoms with Gasteiger partial charge in [-0.25, -0.2) is 0 Å². The number of nitro groups is 1. The van der Waals surface area contributed by atoms with Crippen molar-refractivity contribution in [2.45, 2.75) is 30.9 Å². The molecule has 0 amide bonds. The van der Waals surface area contributed by atoms with Gasteiger partial charge in [0.25, 0.3) is 5.69 Å². The number of hydrogen-bond donors (Lipinski definition) is 1. The molecule has 0 aromatic heterocycles. The van der Waals surface area contributed by atoms with Crippen LogP contribution in [-0.2, 0) is 4.74 Å². The van der Waals surface area contributed by atoms with Crippen LogP contribution >= 0.6 is 11.8 Å². The summed E-state index contributed by atoms with van der Waals surface area (Å²) in [5.74, 6) is 2.18. The molecule has 1 N–H and O–H groups in total. The molecule has 0 aliphatic carbocycles. The van der Waals surface area contributed by atoms with Crippen LogP contribution < -0.4 is 5.32 Å². The third kappa shape index (κ3) is 3.03. The minimum absolute atomic E-state index is 0.0145. The van der Waals surface area contributed by atoms with Crippen molar-refractivity contribution in [2.24, 2.45) is 0 Å². The van der Waals surface area contributed by atoms with Gasteiger partial charge < -0.3 is 10.1 Å². The van der Waals surface area contributed by atoms with Gasteiger partial charge in [-0.1, -0.05) is 0 Å². The number of benzene rings is 1. The smallest absolute Gasteiger partial charge is 0.287 e. The van der Waals surface area contributed by atoms with E-state index < -0.39 is 4.92 Å². The van der Waals surface area contributed by atoms with Crippen molar-refractivity contribution >= 4 is 23.1 Å². The summed E-state index contributed by atoms with van der Waals surface area (Å²) < 4.78 is 5.99. The summed E-state index contributed by atoms with van der Waals surface area (Å²) >= 11 is 1.93. The Balaban J connectivity index is 1.73. The highest BCUT2D eigenvalue weighted by atomic mass is 32.2. The second kappa shape index (κ2) is 6.15. The van der Waals surface area contributed by atoms with Crippen LogP contribution in [0.2, 0.25) is 0 Å². The molecule has 22 heavy (non-hydrogen) atoms. The summed E-state index contributed by atoms with van der Waals surface area (Å²) in [7, 11) is 0. The Morgan fingerprint density at radius 2 is 2.41 bits per heavy atom. The molecule has 0 radical (unpaired) electrons. The first kappa shape index (κ1) is 15.1. The van der Waals surface area contributed by atoms with E-state index in [9.17, 15) is 10.1 Å². The maximum absolute atomic E-state index is 10.9. The number of rotatable bonds is 3. The maximum Gasteiger partial charge on any atom is 0.287 e. The lowest BCUT2D eigenvalue weighted by Gasteiger charge is -2.38. The van der Waals surface area contributed by atoms with Crippen LogP contribution in [0.3, 0.4) is 0 Å². The van der Waals surface area contributed by atoms with Gasteiger partial charge in [0.2, 0.25) is 0 Å². The van der Waals surface area contributed by atoms with Crippen LogP contribution in [0.4, 0.5) is 11.4 Å². The molecule has 1 aromatic carbocycles. The summed E-state index contributed by atoms with van der Waals surface area (Å²) in [4.78, 5) is 10.3. The Kier molecular flexibility index (Phi) is 4.23. The van der Waals surface area contributed by atoms with Gasteiger partial charge in [0.05, 0.1) is 10.5 Å². The molecule has 7 heteroatoms. The summed E-state index contributed by atoms with van der Waals surface area (Å²) in [6.07, 6.45) is 2.93. The van der Waals surface area contributed by atoms with Crippen molar-refractivity contribution in [3.05, 3.63) is 33.9 Å². The minimum Gasteiger partial charge on any atom is -0.382 e. The van der Waals surface area contributed by atoms with Crippen LogP contribution in [-0.4, -0.2) is 34.7 Å². The first-order valence-corrected chi connectivity index (χ1v) is 8.44. The fourth-order valence-corrected chi connectivity index (χ4v) is 4.50. The predicted molar refractivity (Wildman–Crippen MR) is 85.1 cm³/mol. The molecule has 116 valence electrons. The van der Waals surface area contributed by atoms with E-state index in [0.29, 0.717) is 0 Å². The van der Waals surface area contributed by atoms with Gasteiger partial charge in [-0.3, -0.25) is 10.1 Å². The average molecular weight is 319 g/mol. The van der Waals surface area contributed by atoms with Gasteiger partial charge in [-0.15, -0.1) is 0 Å². The van der Waals surface area contributed by atoms with Gasteiger partial charge in [-0.05, 0) is 37.1 Å². The fraction of sp³-hybridized carbons (Fsp3) is 0.533. The van der Waals surface area contributed by atoms with Gasteiger partial charge in [0.15, 0.2) is 0 Å². The molecule has 2 aliphatic rings. The number of ether oxygens (including phenoxy) is 1. The SMILES string of the molecule is N#Cc1cc(N[C@H]2CCO[C@]3(CCSC3)C2)ccc1[N+](=O)[O-]. The second-order valence-electron chi connectivity index (χ2n) is 5.77. The second-order valence-corrected chi connectivity index (χ2v) is 6.87. The molecule has 1 spiro atoms. The van der Waals surface area contributed by atoms with E-state index in [1.165, 1.54) is 6.07 Å². The van der Waals surface area contributed by atoms with E-state index in [2.05, 4.69) is 5.32 Å². The number of hydrogen-bond acceptors (Lipinski definition) is 6. The van der Waals surface area contributed by atoms with Crippen LogP contribution in [0.25, 0.3) is 0 Å². The molecule has 0 bridgehead atoms. The standard InChI is InChI=1S/C15H17N3O3S/c16-9-11-7-12(1-2-14(11)18(19)20)17-13-3-5-21-15(8-13)4-6-22-10-15/h1-2,7,13,17H,3-6,8,10H2/t13-,15+/m0/s1. The highest BCUT2D eigenvalue weighted by Crippen LogP contribution is 2.39. The van der Waals surface area contributed by atoms with Crippen molar-refractivity contribution in [1.82, 2.24) is 0 Å². The number of nitrogens with zero attached hydrogens (tertiary/aromatic N) is 2. The zero-order chi connectivity index (χ0) is 15.6. The summed E-state index contributed by atoms with van der Waals surface area (Å²) in [6, 6.07) is 6.79. The van der Waals surface area contributed by atoms with Crippen molar-refractivity contribution in [3.8, 4) is 6.07 Å². The van der Waals surface area contributed by atoms with E-state index in [4.69, 9.17) is 10.00 Å². The van der Waals surface area contributed by atoms with E-state index in [0.717, 1.165) is 43.1 Å². The van der Waals surface area contributed by atoms with E-state index in [1.54, 1.807) is 12.1 Å². The molecule has 2 fully saturated rings. The quantitative estimate of drug-likeness (QED) is 0.680. The third-order valence-corrected chi connectivity index (χ3v) is 5.47. The molecule has 0 saturated carbocycles. The van der Waals surface area contributed by atoms with Crippen molar-refractivity contribution in [2.75, 3.05) is 23.4 Å². The topological polar surface area (TPSA) is 88.2 Å². The summed E-state index contributed by atoms with van der Waals surface area (Å²) in [5, 5.41) is 23.3. The Morgan fingerprint density at radius 3 is 3.09 bits per heavy atom. The number of nitro benzene ring substituents is 1. The largest absolute Gasteiger partial charge is 0.382 e. The van der Waals surface area contributed by atoms with Crippen molar-refractivity contribution in [1.29, 1.82) is 5.26 Å². The molecular weight excluding hydrogens is 302 g/mol. The first-order chi connectivity index (χ1) is 10.6. The van der Waals surface area contributed by atoms with Gasteiger partial charge in [-0.2, -0.15) is 17.0 Å². The monoisotopic (exact) mass is 319 g/mol. The van der Waals surface area contributed by atoms with Gasteiger partial charge in [0.1, 0.15) is 11.6 Å². The fourth-order valence-electron chi connectivity index (χ4n) is 3.12. The third-order valence-electron chi connectivity index (χ3n) is 4.24. The Labute approximate surface area is 133 Å². The van der Waals surface area contributed by atoms with Gasteiger partial charge >= 0.3 is 0 Å². The lowest BCUT2D eigenvalue weighted by Crippen LogP contribution is -2.44. The average Bonchev–Trinajstić information content (AvgIpc) is 2.94. The van der Waals surface area contributed by atoms with Crippen LogP contribution in [0.5, 0.6) is 0 Å². The predicted octanol–water partition coefficient (Wildman–Crippen LogP) is 2.93. The Hall–Kier alpha value is -1.78. The van der Waals surface area contributed by atoms with E-state index in [1.807, 2.05) is 17.8 Å². The van der Waals surface area contributed by atoms with Gasteiger partial charge in [0, 0.05) is 30.2 Å². The molecule has 2 heterocycles. The number of nitrogens with one attached hydrogen (secondary N) is 1. The first-order valence-electron chi connectivity index (χ1n) is 7.29. The Morgan fingerprint density at radius 1 is 1.55 bits per heavy atom. The molecule has 2 aliphatic heterocycles. The maximum atomic E-state index is 10.9. The molecule has 3 rings (SSSR count). The summed E-state index contributed by atoms with van der Waals surface area (Å²) in [5.41, 5.74) is 0.686. The van der Waals surface area contributed by atoms with Crippen LogP contribution in [0.1, 0.15) is 24.8 Å². The van der Waals surface area contributed by atoms with Crippen LogP contribution in [0, 0.1) is 21.4 Å². The Bertz CT molecular complexity index is 623.